The van der Waals surface area contributed by atoms with Crippen LogP contribution in [0.25, 0.3) is 0 Å². The largest absolute Gasteiger partial charge is 0.444 e. The first-order valence-corrected chi connectivity index (χ1v) is 6.64. The fourth-order valence-electron chi connectivity index (χ4n) is 2.87. The maximum atomic E-state index is 12.3. The van der Waals surface area contributed by atoms with Crippen molar-refractivity contribution in [3.05, 3.63) is 0 Å². The third-order valence-electron chi connectivity index (χ3n) is 3.68. The summed E-state index contributed by atoms with van der Waals surface area (Å²) in [6.07, 6.45) is 4.36. The van der Waals surface area contributed by atoms with Crippen LogP contribution in [0.15, 0.2) is 0 Å². The van der Waals surface area contributed by atoms with E-state index in [0.717, 1.165) is 38.9 Å². The van der Waals surface area contributed by atoms with Crippen molar-refractivity contribution in [1.29, 1.82) is 0 Å². The van der Waals surface area contributed by atoms with Gasteiger partial charge in [0, 0.05) is 13.1 Å². The van der Waals surface area contributed by atoms with Gasteiger partial charge in [-0.3, -0.25) is 0 Å². The van der Waals surface area contributed by atoms with Crippen LogP contribution in [0.4, 0.5) is 4.79 Å². The van der Waals surface area contributed by atoms with Crippen LogP contribution in [0.2, 0.25) is 0 Å². The second-order valence-electron chi connectivity index (χ2n) is 6.24. The summed E-state index contributed by atoms with van der Waals surface area (Å²) in [5.41, 5.74) is -0.373. The number of carbonyl (C=O) groups is 1. The highest BCUT2D eigenvalue weighted by Gasteiger charge is 2.44. The smallest absolute Gasteiger partial charge is 0.410 e. The number of halogens is 1. The van der Waals surface area contributed by atoms with Gasteiger partial charge in [0.25, 0.3) is 0 Å². The molecule has 2 fully saturated rings. The van der Waals surface area contributed by atoms with E-state index < -0.39 is 5.60 Å². The summed E-state index contributed by atoms with van der Waals surface area (Å²) in [6, 6.07) is 0. The fraction of sp³-hybridized carbons (Fsp3) is 0.923. The van der Waals surface area contributed by atoms with Gasteiger partial charge in [0.1, 0.15) is 5.60 Å². The molecule has 5 heteroatoms. The van der Waals surface area contributed by atoms with Crippen molar-refractivity contribution in [3.8, 4) is 0 Å². The van der Waals surface area contributed by atoms with E-state index in [-0.39, 0.29) is 24.0 Å². The van der Waals surface area contributed by atoms with Crippen molar-refractivity contribution < 1.29 is 9.53 Å². The third-order valence-corrected chi connectivity index (χ3v) is 3.68. The van der Waals surface area contributed by atoms with Crippen LogP contribution in [-0.4, -0.2) is 41.8 Å². The molecule has 0 radical (unpaired) electrons. The van der Waals surface area contributed by atoms with Crippen LogP contribution in [0.5, 0.6) is 0 Å². The van der Waals surface area contributed by atoms with Crippen LogP contribution in [-0.2, 0) is 4.74 Å². The summed E-state index contributed by atoms with van der Waals surface area (Å²) >= 11 is 0. The van der Waals surface area contributed by atoms with E-state index >= 15 is 0 Å². The lowest BCUT2D eigenvalue weighted by molar-refractivity contribution is -0.0107. The van der Waals surface area contributed by atoms with Gasteiger partial charge in [0.2, 0.25) is 0 Å². The molecule has 0 aliphatic carbocycles. The molecule has 2 aliphatic rings. The van der Waals surface area contributed by atoms with Crippen molar-refractivity contribution in [1.82, 2.24) is 10.2 Å². The predicted octanol–water partition coefficient (Wildman–Crippen LogP) is 2.56. The van der Waals surface area contributed by atoms with Crippen LogP contribution < -0.4 is 5.32 Å². The summed E-state index contributed by atoms with van der Waals surface area (Å²) in [6.45, 7) is 8.55. The average Bonchev–Trinajstić information content (AvgIpc) is 2.65. The van der Waals surface area contributed by atoms with Crippen LogP contribution in [0, 0.1) is 0 Å². The Morgan fingerprint density at radius 2 is 2.00 bits per heavy atom. The van der Waals surface area contributed by atoms with Gasteiger partial charge in [0.15, 0.2) is 0 Å². The first-order chi connectivity index (χ1) is 7.93. The zero-order chi connectivity index (χ0) is 12.5. The van der Waals surface area contributed by atoms with Gasteiger partial charge in [0.05, 0.1) is 5.54 Å². The summed E-state index contributed by atoms with van der Waals surface area (Å²) in [4.78, 5) is 14.2. The van der Waals surface area contributed by atoms with Crippen LogP contribution >= 0.6 is 12.4 Å². The van der Waals surface area contributed by atoms with Gasteiger partial charge < -0.3 is 15.0 Å². The standard InChI is InChI=1S/C13H24N2O2.ClH/c1-12(2,3)17-11(16)15-9-5-4-6-13(15)7-8-14-10-13;/h14H,4-10H2,1-3H3;1H. The minimum absolute atomic E-state index is 0. The van der Waals surface area contributed by atoms with Gasteiger partial charge in [-0.1, -0.05) is 0 Å². The van der Waals surface area contributed by atoms with E-state index in [2.05, 4.69) is 5.32 Å². The van der Waals surface area contributed by atoms with Crippen molar-refractivity contribution in [2.75, 3.05) is 19.6 Å². The summed E-state index contributed by atoms with van der Waals surface area (Å²) in [5.74, 6) is 0. The molecular formula is C13H25ClN2O2. The first-order valence-electron chi connectivity index (χ1n) is 6.64. The molecule has 1 amide bonds. The second kappa shape index (κ2) is 5.66. The summed E-state index contributed by atoms with van der Waals surface area (Å²) < 4.78 is 5.52. The Balaban J connectivity index is 0.00000162. The van der Waals surface area contributed by atoms with Gasteiger partial charge in [-0.15, -0.1) is 12.4 Å². The van der Waals surface area contributed by atoms with Crippen molar-refractivity contribution in [2.24, 2.45) is 0 Å². The molecule has 1 N–H and O–H groups in total. The van der Waals surface area contributed by atoms with Gasteiger partial charge in [-0.25, -0.2) is 4.79 Å². The monoisotopic (exact) mass is 276 g/mol. The zero-order valence-corrected chi connectivity index (χ0v) is 12.4. The number of nitrogens with one attached hydrogen (secondary N) is 1. The van der Waals surface area contributed by atoms with Crippen molar-refractivity contribution >= 4 is 18.5 Å². The maximum Gasteiger partial charge on any atom is 0.410 e. The molecule has 1 spiro atoms. The minimum Gasteiger partial charge on any atom is -0.444 e. The average molecular weight is 277 g/mol. The van der Waals surface area contributed by atoms with E-state index in [1.54, 1.807) is 0 Å². The molecule has 0 aromatic rings. The molecule has 2 saturated heterocycles. The lowest BCUT2D eigenvalue weighted by Crippen LogP contribution is -2.56. The summed E-state index contributed by atoms with van der Waals surface area (Å²) in [5, 5.41) is 3.38. The Kier molecular flexibility index (Phi) is 4.90. The molecule has 0 saturated carbocycles. The van der Waals surface area contributed by atoms with Crippen LogP contribution in [0.1, 0.15) is 46.5 Å². The molecule has 0 aromatic carbocycles. The number of hydrogen-bond donors (Lipinski definition) is 1. The summed E-state index contributed by atoms with van der Waals surface area (Å²) in [7, 11) is 0. The number of likely N-dealkylation sites (tertiary alicyclic amines) is 1. The molecule has 2 rings (SSSR count). The molecule has 18 heavy (non-hydrogen) atoms. The number of rotatable bonds is 0. The number of ether oxygens (including phenoxy) is 1. The Labute approximate surface area is 116 Å². The lowest BCUT2D eigenvalue weighted by Gasteiger charge is -2.44. The molecule has 0 bridgehead atoms. The fourth-order valence-corrected chi connectivity index (χ4v) is 2.87. The Hall–Kier alpha value is -0.480. The molecule has 1 unspecified atom stereocenters. The van der Waals surface area contributed by atoms with E-state index in [1.807, 2.05) is 25.7 Å². The van der Waals surface area contributed by atoms with E-state index in [1.165, 1.54) is 6.42 Å². The highest BCUT2D eigenvalue weighted by atomic mass is 35.5. The maximum absolute atomic E-state index is 12.3. The molecule has 2 aliphatic heterocycles. The minimum atomic E-state index is -0.401. The van der Waals surface area contributed by atoms with Crippen molar-refractivity contribution in [2.45, 2.75) is 57.6 Å². The molecular weight excluding hydrogens is 252 g/mol. The number of hydrogen-bond acceptors (Lipinski definition) is 3. The van der Waals surface area contributed by atoms with Gasteiger partial charge in [-0.2, -0.15) is 0 Å². The highest BCUT2D eigenvalue weighted by Crippen LogP contribution is 2.34. The first kappa shape index (κ1) is 15.6. The van der Waals surface area contributed by atoms with E-state index in [9.17, 15) is 4.79 Å². The molecule has 4 nitrogen and oxygen atoms in total. The third kappa shape index (κ3) is 3.29. The quantitative estimate of drug-likeness (QED) is 0.739. The molecule has 2 heterocycles. The second-order valence-corrected chi connectivity index (χ2v) is 6.24. The highest BCUT2D eigenvalue weighted by molar-refractivity contribution is 5.85. The number of nitrogens with zero attached hydrogens (tertiary/aromatic N) is 1. The normalized spacial score (nSPS) is 28.1. The lowest BCUT2D eigenvalue weighted by atomic mass is 9.86. The number of amides is 1. The van der Waals surface area contributed by atoms with Crippen LogP contribution in [0.3, 0.4) is 0 Å². The predicted molar refractivity (Wildman–Crippen MR) is 74.3 cm³/mol. The van der Waals surface area contributed by atoms with E-state index in [0.29, 0.717) is 0 Å². The number of piperidine rings is 1. The van der Waals surface area contributed by atoms with Gasteiger partial charge >= 0.3 is 6.09 Å². The number of carbonyl (C=O) groups excluding carboxylic acids is 1. The Morgan fingerprint density at radius 1 is 1.28 bits per heavy atom. The zero-order valence-electron chi connectivity index (χ0n) is 11.6. The Bertz CT molecular complexity index is 296. The van der Waals surface area contributed by atoms with Gasteiger partial charge in [-0.05, 0) is 53.0 Å². The van der Waals surface area contributed by atoms with E-state index in [4.69, 9.17) is 4.74 Å². The molecule has 106 valence electrons. The molecule has 1 atom stereocenters. The van der Waals surface area contributed by atoms with Crippen molar-refractivity contribution in [3.63, 3.8) is 0 Å². The topological polar surface area (TPSA) is 41.6 Å². The SMILES string of the molecule is CC(C)(C)OC(=O)N1CCCCC12CCNC2.Cl. The molecule has 0 aromatic heterocycles. The Morgan fingerprint density at radius 3 is 2.56 bits per heavy atom.